The molecule has 2 aromatic heterocycles. The van der Waals surface area contributed by atoms with Gasteiger partial charge in [-0.3, -0.25) is 9.59 Å². The SMILES string of the molecule is Cn1c(=O)c(C(=O)N[C@@H]2CCCc3c2[nH]c2ccccc32)c(O)c2ccccc21. The molecule has 3 N–H and O–H groups in total. The van der Waals surface area contributed by atoms with Crippen LogP contribution in [0, 0.1) is 0 Å². The maximum atomic E-state index is 13.1. The lowest BCUT2D eigenvalue weighted by atomic mass is 9.91. The molecule has 2 heterocycles. The van der Waals surface area contributed by atoms with Gasteiger partial charge in [0.25, 0.3) is 11.5 Å². The number of fused-ring (bicyclic) bond motifs is 4. The Labute approximate surface area is 166 Å². The molecule has 29 heavy (non-hydrogen) atoms. The average molecular weight is 387 g/mol. The lowest BCUT2D eigenvalue weighted by Crippen LogP contribution is -2.36. The molecule has 2 aromatic carbocycles. The molecule has 0 radical (unpaired) electrons. The Bertz CT molecular complexity index is 1330. The second-order valence-corrected chi connectivity index (χ2v) is 7.59. The zero-order valence-electron chi connectivity index (χ0n) is 16.0. The summed E-state index contributed by atoms with van der Waals surface area (Å²) in [6, 6.07) is 14.9. The number of benzene rings is 2. The summed E-state index contributed by atoms with van der Waals surface area (Å²) in [5.41, 5.74) is 3.11. The Hall–Kier alpha value is -3.54. The topological polar surface area (TPSA) is 87.1 Å². The molecule has 0 spiro atoms. The van der Waals surface area contributed by atoms with Gasteiger partial charge in [0, 0.05) is 29.0 Å². The number of aromatic amines is 1. The van der Waals surface area contributed by atoms with Crippen molar-refractivity contribution < 1.29 is 9.90 Å². The van der Waals surface area contributed by atoms with Gasteiger partial charge in [-0.05, 0) is 43.0 Å². The normalized spacial score (nSPS) is 16.1. The third kappa shape index (κ3) is 2.63. The number of rotatable bonds is 2. The van der Waals surface area contributed by atoms with E-state index in [1.165, 1.54) is 15.5 Å². The van der Waals surface area contributed by atoms with E-state index in [-0.39, 0.29) is 17.4 Å². The smallest absolute Gasteiger partial charge is 0.267 e. The molecule has 0 aliphatic heterocycles. The number of amides is 1. The highest BCUT2D eigenvalue weighted by atomic mass is 16.3. The minimum absolute atomic E-state index is 0.213. The molecule has 1 atom stereocenters. The van der Waals surface area contributed by atoms with Crippen LogP contribution in [0.4, 0.5) is 0 Å². The van der Waals surface area contributed by atoms with Gasteiger partial charge in [0.05, 0.1) is 11.6 Å². The minimum Gasteiger partial charge on any atom is -0.506 e. The zero-order valence-corrected chi connectivity index (χ0v) is 16.0. The molecule has 0 saturated carbocycles. The second-order valence-electron chi connectivity index (χ2n) is 7.59. The number of hydrogen-bond donors (Lipinski definition) is 3. The van der Waals surface area contributed by atoms with Crippen molar-refractivity contribution >= 4 is 27.7 Å². The molecular weight excluding hydrogens is 366 g/mol. The number of aryl methyl sites for hydroxylation is 2. The minimum atomic E-state index is -0.551. The fraction of sp³-hybridized carbons (Fsp3) is 0.217. The summed E-state index contributed by atoms with van der Waals surface area (Å²) in [6.07, 6.45) is 2.68. The monoisotopic (exact) mass is 387 g/mol. The molecule has 0 bridgehead atoms. The number of hydrogen-bond acceptors (Lipinski definition) is 3. The van der Waals surface area contributed by atoms with E-state index < -0.39 is 11.5 Å². The lowest BCUT2D eigenvalue weighted by Gasteiger charge is -2.24. The van der Waals surface area contributed by atoms with Crippen LogP contribution in [-0.4, -0.2) is 20.6 Å². The van der Waals surface area contributed by atoms with E-state index in [4.69, 9.17) is 0 Å². The quantitative estimate of drug-likeness (QED) is 0.492. The summed E-state index contributed by atoms with van der Waals surface area (Å²) in [5.74, 6) is -0.820. The van der Waals surface area contributed by atoms with Gasteiger partial charge in [-0.15, -0.1) is 0 Å². The van der Waals surface area contributed by atoms with Crippen LogP contribution >= 0.6 is 0 Å². The third-order valence-electron chi connectivity index (χ3n) is 5.92. The number of nitrogens with one attached hydrogen (secondary N) is 2. The summed E-state index contributed by atoms with van der Waals surface area (Å²) in [6.45, 7) is 0. The van der Waals surface area contributed by atoms with Gasteiger partial charge in [0.2, 0.25) is 0 Å². The molecular formula is C23H21N3O3. The van der Waals surface area contributed by atoms with Crippen molar-refractivity contribution in [3.8, 4) is 5.75 Å². The van der Waals surface area contributed by atoms with Gasteiger partial charge < -0.3 is 20.0 Å². The fourth-order valence-corrected chi connectivity index (χ4v) is 4.47. The fourth-order valence-electron chi connectivity index (χ4n) is 4.47. The summed E-state index contributed by atoms with van der Waals surface area (Å²) >= 11 is 0. The summed E-state index contributed by atoms with van der Waals surface area (Å²) in [7, 11) is 1.61. The van der Waals surface area contributed by atoms with Gasteiger partial charge in [-0.1, -0.05) is 30.3 Å². The first-order valence-electron chi connectivity index (χ1n) is 9.77. The molecule has 4 aromatic rings. The highest BCUT2D eigenvalue weighted by Gasteiger charge is 2.28. The Kier molecular flexibility index (Phi) is 3.94. The van der Waals surface area contributed by atoms with E-state index in [0.717, 1.165) is 30.5 Å². The first-order valence-corrected chi connectivity index (χ1v) is 9.77. The number of aromatic nitrogens is 2. The highest BCUT2D eigenvalue weighted by Crippen LogP contribution is 2.35. The highest BCUT2D eigenvalue weighted by molar-refractivity contribution is 6.02. The van der Waals surface area contributed by atoms with E-state index in [0.29, 0.717) is 10.9 Å². The molecule has 0 saturated heterocycles. The van der Waals surface area contributed by atoms with Crippen molar-refractivity contribution in [2.75, 3.05) is 0 Å². The van der Waals surface area contributed by atoms with Gasteiger partial charge in [-0.2, -0.15) is 0 Å². The van der Waals surface area contributed by atoms with Gasteiger partial charge in [-0.25, -0.2) is 0 Å². The van der Waals surface area contributed by atoms with Crippen LogP contribution in [0.3, 0.4) is 0 Å². The zero-order chi connectivity index (χ0) is 20.1. The van der Waals surface area contributed by atoms with Crippen molar-refractivity contribution in [3.63, 3.8) is 0 Å². The van der Waals surface area contributed by atoms with Gasteiger partial charge >= 0.3 is 0 Å². The average Bonchev–Trinajstić information content (AvgIpc) is 3.12. The van der Waals surface area contributed by atoms with E-state index in [9.17, 15) is 14.7 Å². The van der Waals surface area contributed by atoms with Crippen LogP contribution in [0.15, 0.2) is 53.3 Å². The molecule has 1 aliphatic carbocycles. The molecule has 0 unspecified atom stereocenters. The van der Waals surface area contributed by atoms with E-state index >= 15 is 0 Å². The molecule has 0 fully saturated rings. The van der Waals surface area contributed by atoms with E-state index in [1.54, 1.807) is 31.3 Å². The standard InChI is InChI=1S/C23H21N3O3/c1-26-18-12-5-3-8-15(18)21(27)19(23(26)29)22(28)25-17-11-6-9-14-13-7-2-4-10-16(13)24-20(14)17/h2-5,7-8,10,12,17,24,27H,6,9,11H2,1H3,(H,25,28)/t17-/m1/s1. The summed E-state index contributed by atoms with van der Waals surface area (Å²) < 4.78 is 1.40. The largest absolute Gasteiger partial charge is 0.506 e. The van der Waals surface area contributed by atoms with E-state index in [2.05, 4.69) is 16.4 Å². The molecule has 146 valence electrons. The lowest BCUT2D eigenvalue weighted by molar-refractivity contribution is 0.0927. The molecule has 6 nitrogen and oxygen atoms in total. The summed E-state index contributed by atoms with van der Waals surface area (Å²) in [5, 5.41) is 15.3. The molecule has 1 amide bonds. The van der Waals surface area contributed by atoms with Crippen LogP contribution in [0.25, 0.3) is 21.8 Å². The first kappa shape index (κ1) is 17.6. The Morgan fingerprint density at radius 3 is 2.69 bits per heavy atom. The number of carbonyl (C=O) groups excluding carboxylic acids is 1. The molecule has 6 heteroatoms. The van der Waals surface area contributed by atoms with Crippen molar-refractivity contribution in [3.05, 3.63) is 75.7 Å². The number of para-hydroxylation sites is 2. The number of H-pyrrole nitrogens is 1. The van der Waals surface area contributed by atoms with Crippen molar-refractivity contribution in [1.82, 2.24) is 14.9 Å². The van der Waals surface area contributed by atoms with Crippen LogP contribution in [0.2, 0.25) is 0 Å². The Morgan fingerprint density at radius 2 is 1.86 bits per heavy atom. The predicted octanol–water partition coefficient (Wildman–Crippen LogP) is 3.53. The third-order valence-corrected chi connectivity index (χ3v) is 5.92. The number of pyridine rings is 1. The van der Waals surface area contributed by atoms with Crippen molar-refractivity contribution in [2.45, 2.75) is 25.3 Å². The summed E-state index contributed by atoms with van der Waals surface area (Å²) in [4.78, 5) is 29.3. The number of nitrogens with zero attached hydrogens (tertiary/aromatic N) is 1. The van der Waals surface area contributed by atoms with Crippen LogP contribution in [0.5, 0.6) is 5.75 Å². The second kappa shape index (κ2) is 6.51. The number of aromatic hydroxyl groups is 1. The maximum Gasteiger partial charge on any atom is 0.267 e. The first-order chi connectivity index (χ1) is 14.1. The Morgan fingerprint density at radius 1 is 1.14 bits per heavy atom. The van der Waals surface area contributed by atoms with Crippen LogP contribution in [-0.2, 0) is 13.5 Å². The van der Waals surface area contributed by atoms with Gasteiger partial charge in [0.15, 0.2) is 0 Å². The predicted molar refractivity (Wildman–Crippen MR) is 112 cm³/mol. The maximum absolute atomic E-state index is 13.1. The van der Waals surface area contributed by atoms with E-state index in [1.807, 2.05) is 18.2 Å². The van der Waals surface area contributed by atoms with Crippen LogP contribution < -0.4 is 10.9 Å². The van der Waals surface area contributed by atoms with Crippen LogP contribution in [0.1, 0.15) is 40.5 Å². The Balaban J connectivity index is 1.57. The molecule has 5 rings (SSSR count). The molecule has 1 aliphatic rings. The van der Waals surface area contributed by atoms with Crippen molar-refractivity contribution in [1.29, 1.82) is 0 Å². The number of carbonyl (C=O) groups is 1. The van der Waals surface area contributed by atoms with Crippen molar-refractivity contribution in [2.24, 2.45) is 7.05 Å². The van der Waals surface area contributed by atoms with Gasteiger partial charge in [0.1, 0.15) is 11.3 Å².